The van der Waals surface area contributed by atoms with E-state index in [1.807, 2.05) is 0 Å². The highest BCUT2D eigenvalue weighted by molar-refractivity contribution is 5.28. The standard InChI is InChI=1S/C17H28N2/c1-14-10-15(2)12-16(11-14)13-19(9-5-8-18)17-6-3-4-7-17/h10-12,17H,3-9,13,18H2,1-2H3. The Morgan fingerprint density at radius 2 is 1.74 bits per heavy atom. The van der Waals surface area contributed by atoms with Gasteiger partial charge in [-0.25, -0.2) is 0 Å². The lowest BCUT2D eigenvalue weighted by molar-refractivity contribution is 0.188. The van der Waals surface area contributed by atoms with E-state index in [4.69, 9.17) is 5.73 Å². The van der Waals surface area contributed by atoms with Gasteiger partial charge in [0.1, 0.15) is 0 Å². The second-order valence-corrected chi connectivity index (χ2v) is 6.05. The molecule has 1 saturated carbocycles. The zero-order valence-electron chi connectivity index (χ0n) is 12.5. The van der Waals surface area contributed by atoms with Crippen LogP contribution in [0.1, 0.15) is 48.8 Å². The minimum atomic E-state index is 0.785. The monoisotopic (exact) mass is 260 g/mol. The summed E-state index contributed by atoms with van der Waals surface area (Å²) < 4.78 is 0. The van der Waals surface area contributed by atoms with Crippen LogP contribution in [0.25, 0.3) is 0 Å². The first-order valence-electron chi connectivity index (χ1n) is 7.70. The maximum absolute atomic E-state index is 5.69. The molecule has 0 saturated heterocycles. The van der Waals surface area contributed by atoms with Gasteiger partial charge in [0.2, 0.25) is 0 Å². The first kappa shape index (κ1) is 14.5. The SMILES string of the molecule is Cc1cc(C)cc(CN(CCCN)C2CCCC2)c1. The molecule has 2 heteroatoms. The second kappa shape index (κ2) is 7.06. The molecule has 1 aliphatic rings. The molecule has 1 fully saturated rings. The van der Waals surface area contributed by atoms with Crippen molar-refractivity contribution in [1.29, 1.82) is 0 Å². The Bertz CT molecular complexity index is 374. The van der Waals surface area contributed by atoms with Gasteiger partial charge in [-0.2, -0.15) is 0 Å². The Labute approximate surface area is 118 Å². The predicted molar refractivity (Wildman–Crippen MR) is 82.3 cm³/mol. The highest BCUT2D eigenvalue weighted by Crippen LogP contribution is 2.25. The van der Waals surface area contributed by atoms with E-state index in [0.717, 1.165) is 32.1 Å². The first-order valence-corrected chi connectivity index (χ1v) is 7.70. The van der Waals surface area contributed by atoms with Crippen LogP contribution in [0.2, 0.25) is 0 Å². The van der Waals surface area contributed by atoms with Crippen LogP contribution in [-0.4, -0.2) is 24.0 Å². The zero-order chi connectivity index (χ0) is 13.7. The van der Waals surface area contributed by atoms with Crippen molar-refractivity contribution >= 4 is 0 Å². The molecule has 1 aromatic rings. The molecule has 106 valence electrons. The van der Waals surface area contributed by atoms with Crippen molar-refractivity contribution in [3.8, 4) is 0 Å². The minimum Gasteiger partial charge on any atom is -0.330 e. The molecule has 0 radical (unpaired) electrons. The van der Waals surface area contributed by atoms with Gasteiger partial charge >= 0.3 is 0 Å². The predicted octanol–water partition coefficient (Wildman–Crippen LogP) is 3.40. The molecule has 2 nitrogen and oxygen atoms in total. The van der Waals surface area contributed by atoms with Gasteiger partial charge < -0.3 is 5.73 Å². The maximum atomic E-state index is 5.69. The van der Waals surface area contributed by atoms with Crippen molar-refractivity contribution in [1.82, 2.24) is 4.90 Å². The number of hydrogen-bond donors (Lipinski definition) is 1. The largest absolute Gasteiger partial charge is 0.330 e. The van der Waals surface area contributed by atoms with E-state index in [1.54, 1.807) is 0 Å². The molecule has 0 aromatic heterocycles. The summed E-state index contributed by atoms with van der Waals surface area (Å²) in [5, 5.41) is 0. The third-order valence-corrected chi connectivity index (χ3v) is 4.16. The average Bonchev–Trinajstić information content (AvgIpc) is 2.87. The normalized spacial score (nSPS) is 16.4. The topological polar surface area (TPSA) is 29.3 Å². The summed E-state index contributed by atoms with van der Waals surface area (Å²) in [6.07, 6.45) is 6.65. The van der Waals surface area contributed by atoms with Gasteiger partial charge in [-0.15, -0.1) is 0 Å². The summed E-state index contributed by atoms with van der Waals surface area (Å²) in [4.78, 5) is 2.66. The van der Waals surface area contributed by atoms with Crippen LogP contribution in [0.4, 0.5) is 0 Å². The highest BCUT2D eigenvalue weighted by Gasteiger charge is 2.22. The van der Waals surface area contributed by atoms with Crippen LogP contribution in [0.3, 0.4) is 0 Å². The molecular weight excluding hydrogens is 232 g/mol. The Morgan fingerprint density at radius 3 is 2.32 bits per heavy atom. The third-order valence-electron chi connectivity index (χ3n) is 4.16. The lowest BCUT2D eigenvalue weighted by Crippen LogP contribution is -2.34. The Hall–Kier alpha value is -0.860. The summed E-state index contributed by atoms with van der Waals surface area (Å²) in [7, 11) is 0. The fraction of sp³-hybridized carbons (Fsp3) is 0.647. The van der Waals surface area contributed by atoms with Crippen LogP contribution in [-0.2, 0) is 6.54 Å². The Balaban J connectivity index is 2.05. The third kappa shape index (κ3) is 4.32. The maximum Gasteiger partial charge on any atom is 0.0236 e. The first-order chi connectivity index (χ1) is 9.19. The summed E-state index contributed by atoms with van der Waals surface area (Å²) in [6, 6.07) is 7.70. The number of nitrogens with two attached hydrogens (primary N) is 1. The molecule has 0 bridgehead atoms. The van der Waals surface area contributed by atoms with Crippen LogP contribution in [0.5, 0.6) is 0 Å². The van der Waals surface area contributed by atoms with Crippen LogP contribution in [0.15, 0.2) is 18.2 Å². The number of hydrogen-bond acceptors (Lipinski definition) is 2. The molecule has 0 spiro atoms. The van der Waals surface area contributed by atoms with Gasteiger partial charge in [0.05, 0.1) is 0 Å². The zero-order valence-corrected chi connectivity index (χ0v) is 12.5. The smallest absolute Gasteiger partial charge is 0.0236 e. The summed E-state index contributed by atoms with van der Waals surface area (Å²) in [5.74, 6) is 0. The molecular formula is C17H28N2. The summed E-state index contributed by atoms with van der Waals surface area (Å²) in [6.45, 7) is 7.42. The average molecular weight is 260 g/mol. The van der Waals surface area contributed by atoms with Gasteiger partial charge in [-0.3, -0.25) is 4.90 Å². The number of benzene rings is 1. The number of rotatable bonds is 6. The molecule has 2 rings (SSSR count). The van der Waals surface area contributed by atoms with E-state index >= 15 is 0 Å². The van der Waals surface area contributed by atoms with Gasteiger partial charge in [0, 0.05) is 12.6 Å². The fourth-order valence-electron chi connectivity index (χ4n) is 3.35. The number of nitrogens with zero attached hydrogens (tertiary/aromatic N) is 1. The molecule has 1 aromatic carbocycles. The van der Waals surface area contributed by atoms with E-state index in [1.165, 1.54) is 42.4 Å². The van der Waals surface area contributed by atoms with Crippen molar-refractivity contribution in [3.05, 3.63) is 34.9 Å². The molecule has 19 heavy (non-hydrogen) atoms. The molecule has 0 unspecified atom stereocenters. The highest BCUT2D eigenvalue weighted by atomic mass is 15.2. The second-order valence-electron chi connectivity index (χ2n) is 6.05. The fourth-order valence-corrected chi connectivity index (χ4v) is 3.35. The number of aryl methyl sites for hydroxylation is 2. The van der Waals surface area contributed by atoms with E-state index in [0.29, 0.717) is 0 Å². The van der Waals surface area contributed by atoms with Crippen LogP contribution < -0.4 is 5.73 Å². The summed E-state index contributed by atoms with van der Waals surface area (Å²) in [5.41, 5.74) is 9.90. The molecule has 1 aliphatic carbocycles. The van der Waals surface area contributed by atoms with Gasteiger partial charge in [-0.1, -0.05) is 42.2 Å². The van der Waals surface area contributed by atoms with Crippen molar-refractivity contribution in [2.45, 2.75) is 58.5 Å². The molecule has 0 aliphatic heterocycles. The van der Waals surface area contributed by atoms with Gasteiger partial charge in [-0.05, 0) is 51.8 Å². The van der Waals surface area contributed by atoms with Crippen molar-refractivity contribution in [2.75, 3.05) is 13.1 Å². The van der Waals surface area contributed by atoms with Crippen molar-refractivity contribution in [2.24, 2.45) is 5.73 Å². The minimum absolute atomic E-state index is 0.785. The quantitative estimate of drug-likeness (QED) is 0.849. The lowest BCUT2D eigenvalue weighted by Gasteiger charge is -2.29. The van der Waals surface area contributed by atoms with Gasteiger partial charge in [0.25, 0.3) is 0 Å². The summed E-state index contributed by atoms with van der Waals surface area (Å²) >= 11 is 0. The van der Waals surface area contributed by atoms with Crippen molar-refractivity contribution < 1.29 is 0 Å². The molecule has 0 heterocycles. The van der Waals surface area contributed by atoms with E-state index < -0.39 is 0 Å². The van der Waals surface area contributed by atoms with Crippen LogP contribution >= 0.6 is 0 Å². The van der Waals surface area contributed by atoms with E-state index in [9.17, 15) is 0 Å². The van der Waals surface area contributed by atoms with E-state index in [2.05, 4.69) is 36.9 Å². The lowest BCUT2D eigenvalue weighted by atomic mass is 10.1. The van der Waals surface area contributed by atoms with Crippen LogP contribution in [0, 0.1) is 13.8 Å². The molecule has 2 N–H and O–H groups in total. The van der Waals surface area contributed by atoms with Crippen molar-refractivity contribution in [3.63, 3.8) is 0 Å². The van der Waals surface area contributed by atoms with E-state index in [-0.39, 0.29) is 0 Å². The van der Waals surface area contributed by atoms with Gasteiger partial charge in [0.15, 0.2) is 0 Å². The Kier molecular flexibility index (Phi) is 5.41. The molecule has 0 atom stereocenters. The Morgan fingerprint density at radius 1 is 1.11 bits per heavy atom. The molecule has 0 amide bonds.